The van der Waals surface area contributed by atoms with Gasteiger partial charge in [-0.1, -0.05) is 37.1 Å². The molecule has 15 nitrogen and oxygen atoms in total. The normalized spacial score (nSPS) is 29.8. The topological polar surface area (TPSA) is 184 Å². The van der Waals surface area contributed by atoms with Crippen molar-refractivity contribution in [1.82, 2.24) is 29.5 Å². The third-order valence-electron chi connectivity index (χ3n) is 11.3. The first kappa shape index (κ1) is 38.9. The van der Waals surface area contributed by atoms with Crippen LogP contribution in [-0.4, -0.2) is 108 Å². The van der Waals surface area contributed by atoms with E-state index in [9.17, 15) is 45.6 Å². The fourth-order valence-electron chi connectivity index (χ4n) is 8.14. The number of carbonyl (C=O) groups is 5. The number of nitrogens with one attached hydrogen (secondary N) is 3. The van der Waals surface area contributed by atoms with Gasteiger partial charge in [-0.2, -0.15) is 12.7 Å². The number of nitrogens with zero attached hydrogens (tertiary/aromatic N) is 3. The number of amides is 5. The first-order valence-corrected chi connectivity index (χ1v) is 20.3. The molecule has 300 valence electrons. The fourth-order valence-corrected chi connectivity index (χ4v) is 9.40. The number of ether oxygens (including phenoxy) is 2. The molecule has 2 aliphatic carbocycles. The molecule has 6 aliphatic rings. The molecule has 0 bridgehead atoms. The Labute approximate surface area is 316 Å². The molecule has 1 unspecified atom stereocenters. The molecule has 5 amide bonds. The van der Waals surface area contributed by atoms with E-state index in [0.29, 0.717) is 54.0 Å². The van der Waals surface area contributed by atoms with Crippen LogP contribution >= 0.6 is 0 Å². The van der Waals surface area contributed by atoms with Crippen molar-refractivity contribution < 1.29 is 55.0 Å². The third-order valence-corrected chi connectivity index (χ3v) is 12.7. The van der Waals surface area contributed by atoms with Crippen LogP contribution < -0.4 is 15.4 Å². The Hall–Kier alpha value is -4.39. The average Bonchev–Trinajstić information content (AvgIpc) is 3.53. The molecule has 19 heteroatoms. The molecule has 1 aromatic carbocycles. The second-order valence-electron chi connectivity index (χ2n) is 15.4. The van der Waals surface area contributed by atoms with Crippen molar-refractivity contribution in [2.75, 3.05) is 19.6 Å². The summed E-state index contributed by atoms with van der Waals surface area (Å²) in [5.41, 5.74) is -0.815. The van der Waals surface area contributed by atoms with E-state index >= 15 is 0 Å². The second kappa shape index (κ2) is 15.3. The molecule has 2 saturated carbocycles. The first-order chi connectivity index (χ1) is 26.1. The van der Waals surface area contributed by atoms with Gasteiger partial charge in [0.05, 0.1) is 26.2 Å². The molecule has 3 N–H and O–H groups in total. The van der Waals surface area contributed by atoms with Gasteiger partial charge in [0.25, 0.3) is 11.8 Å². The van der Waals surface area contributed by atoms with Crippen molar-refractivity contribution in [2.24, 2.45) is 5.92 Å². The number of fused-ring (bicyclic) bond motifs is 3. The summed E-state index contributed by atoms with van der Waals surface area (Å²) in [6.07, 6.45) is 6.36. The summed E-state index contributed by atoms with van der Waals surface area (Å²) in [6, 6.07) is 2.08. The second-order valence-corrected chi connectivity index (χ2v) is 17.1. The van der Waals surface area contributed by atoms with E-state index in [2.05, 4.69) is 10.6 Å². The minimum absolute atomic E-state index is 0.00486. The van der Waals surface area contributed by atoms with Crippen molar-refractivity contribution >= 4 is 40.1 Å². The van der Waals surface area contributed by atoms with E-state index in [1.807, 2.05) is 10.8 Å². The van der Waals surface area contributed by atoms with Crippen LogP contribution in [0.5, 0.6) is 0 Å². The van der Waals surface area contributed by atoms with E-state index < -0.39 is 94.6 Å². The van der Waals surface area contributed by atoms with E-state index in [-0.39, 0.29) is 45.0 Å². The minimum Gasteiger partial charge on any atom is -0.446 e. The number of alkyl carbamates (subject to hydrolysis) is 1. The summed E-state index contributed by atoms with van der Waals surface area (Å²) in [7, 11) is -4.67. The van der Waals surface area contributed by atoms with Crippen molar-refractivity contribution in [3.05, 3.63) is 47.3 Å². The van der Waals surface area contributed by atoms with Gasteiger partial charge >= 0.3 is 22.4 Å². The van der Waals surface area contributed by atoms with Gasteiger partial charge in [-0.25, -0.2) is 27.5 Å². The molecule has 0 spiro atoms. The van der Waals surface area contributed by atoms with Gasteiger partial charge in [0.2, 0.25) is 11.8 Å². The van der Waals surface area contributed by atoms with Gasteiger partial charge in [0.15, 0.2) is 0 Å². The Kier molecular flexibility index (Phi) is 10.8. The standard InChI is InChI=1S/C36H45F3N6O9S/c37-27-13-8-9-22-17-43(19-26(22)27)34(50)54-25-15-29-30(46)41-36(32(48)42-55(51,52)44-20-35(38,39)21-44)16-23(36)10-4-2-1-3-5-14-28(31(47)45(29)18-25)40-33(49)53-24-11-6-7-12-24/h4,8-10,13,23-25,28-29H,1-3,5-7,11-12,14-21H2,(H,40,49)(H,41,46)(H,42,48)/t23-,25-,28+,29?,36-/m1/s1. The van der Waals surface area contributed by atoms with Crippen molar-refractivity contribution in [2.45, 2.75) is 119 Å². The Balaban J connectivity index is 1.12. The molecule has 1 aromatic rings. The predicted molar refractivity (Wildman–Crippen MR) is 186 cm³/mol. The van der Waals surface area contributed by atoms with Crippen LogP contribution in [0.15, 0.2) is 30.4 Å². The summed E-state index contributed by atoms with van der Waals surface area (Å²) >= 11 is 0. The lowest BCUT2D eigenvalue weighted by molar-refractivity contribution is -0.141. The number of hydrogen-bond donors (Lipinski definition) is 3. The maximum atomic E-state index is 14.4. The van der Waals surface area contributed by atoms with Gasteiger partial charge in [0.1, 0.15) is 35.6 Å². The molecule has 7 rings (SSSR count). The summed E-state index contributed by atoms with van der Waals surface area (Å²) in [6.45, 7) is -2.41. The van der Waals surface area contributed by atoms with Crippen LogP contribution in [0.2, 0.25) is 0 Å². The smallest absolute Gasteiger partial charge is 0.410 e. The zero-order chi connectivity index (χ0) is 39.1. The van der Waals surface area contributed by atoms with Gasteiger partial charge < -0.3 is 25.0 Å². The molecule has 5 atom stereocenters. The van der Waals surface area contributed by atoms with Crippen LogP contribution in [0.1, 0.15) is 81.8 Å². The summed E-state index contributed by atoms with van der Waals surface area (Å²) < 4.78 is 80.8. The molecule has 4 aliphatic heterocycles. The highest BCUT2D eigenvalue weighted by atomic mass is 32.2. The zero-order valence-corrected chi connectivity index (χ0v) is 31.0. The van der Waals surface area contributed by atoms with E-state index in [4.69, 9.17) is 9.47 Å². The summed E-state index contributed by atoms with van der Waals surface area (Å²) in [5, 5.41) is 5.35. The highest BCUT2D eigenvalue weighted by Gasteiger charge is 2.62. The molecule has 0 radical (unpaired) electrons. The number of hydrogen-bond acceptors (Lipinski definition) is 9. The highest BCUT2D eigenvalue weighted by Crippen LogP contribution is 2.46. The van der Waals surface area contributed by atoms with Crippen LogP contribution in [0.4, 0.5) is 22.8 Å². The third kappa shape index (κ3) is 8.41. The van der Waals surface area contributed by atoms with Gasteiger partial charge in [-0.05, 0) is 63.0 Å². The number of rotatable bonds is 6. The van der Waals surface area contributed by atoms with Crippen LogP contribution in [0, 0.1) is 11.7 Å². The lowest BCUT2D eigenvalue weighted by Crippen LogP contribution is -2.64. The van der Waals surface area contributed by atoms with Gasteiger partial charge in [-0.3, -0.25) is 19.3 Å². The van der Waals surface area contributed by atoms with Crippen molar-refractivity contribution in [1.29, 1.82) is 0 Å². The molecule has 2 saturated heterocycles. The van der Waals surface area contributed by atoms with Gasteiger partial charge in [0, 0.05) is 24.4 Å². The van der Waals surface area contributed by atoms with Crippen LogP contribution in [0.25, 0.3) is 0 Å². The predicted octanol–water partition coefficient (Wildman–Crippen LogP) is 2.99. The summed E-state index contributed by atoms with van der Waals surface area (Å²) in [4.78, 5) is 71.1. The highest BCUT2D eigenvalue weighted by molar-refractivity contribution is 7.87. The van der Waals surface area contributed by atoms with Crippen molar-refractivity contribution in [3.63, 3.8) is 0 Å². The monoisotopic (exact) mass is 794 g/mol. The Morgan fingerprint density at radius 2 is 1.69 bits per heavy atom. The zero-order valence-electron chi connectivity index (χ0n) is 30.1. The van der Waals surface area contributed by atoms with Crippen LogP contribution in [-0.2, 0) is 47.2 Å². The first-order valence-electron chi connectivity index (χ1n) is 18.8. The van der Waals surface area contributed by atoms with E-state index in [1.165, 1.54) is 21.9 Å². The molecule has 4 fully saturated rings. The summed E-state index contributed by atoms with van der Waals surface area (Å²) in [5.74, 6) is -6.95. The maximum absolute atomic E-state index is 14.4. The Morgan fingerprint density at radius 1 is 0.945 bits per heavy atom. The Morgan fingerprint density at radius 3 is 2.42 bits per heavy atom. The largest absolute Gasteiger partial charge is 0.446 e. The fraction of sp³-hybridized carbons (Fsp3) is 0.639. The van der Waals surface area contributed by atoms with Crippen molar-refractivity contribution in [3.8, 4) is 0 Å². The Bertz CT molecular complexity index is 1850. The molecule has 4 heterocycles. The molecule has 55 heavy (non-hydrogen) atoms. The number of carbonyl (C=O) groups excluding carboxylic acids is 5. The number of benzene rings is 1. The average molecular weight is 795 g/mol. The number of allylic oxidation sites excluding steroid dienone is 1. The van der Waals surface area contributed by atoms with Gasteiger partial charge in [-0.15, -0.1) is 0 Å². The van der Waals surface area contributed by atoms with E-state index in [0.717, 1.165) is 12.8 Å². The lowest BCUT2D eigenvalue weighted by atomic mass is 10.0. The number of alkyl halides is 2. The maximum Gasteiger partial charge on any atom is 0.410 e. The quantitative estimate of drug-likeness (QED) is 0.365. The molecule has 0 aromatic heterocycles. The molecular weight excluding hydrogens is 749 g/mol. The van der Waals surface area contributed by atoms with E-state index in [1.54, 1.807) is 12.1 Å². The lowest BCUT2D eigenvalue weighted by Gasteiger charge is -2.37. The minimum atomic E-state index is -4.67. The SMILES string of the molecule is O=C(N[C@H]1CCCCCC=C[C@@H]2C[C@@]2(C(=O)NS(=O)(=O)N2CC(F)(F)C2)NC(=O)C2C[C@@H](OC(=O)N3Cc4cccc(F)c4C3)CN2C1=O)OC1CCCC1. The van der Waals surface area contributed by atoms with Crippen LogP contribution in [0.3, 0.4) is 0 Å². The molecular formula is C36H45F3N6O9S. The number of halogens is 3.